The van der Waals surface area contributed by atoms with Crippen molar-refractivity contribution >= 4 is 22.9 Å². The molecule has 60 valence electrons. The van der Waals surface area contributed by atoms with Gasteiger partial charge in [-0.1, -0.05) is 0 Å². The van der Waals surface area contributed by atoms with Gasteiger partial charge in [0.15, 0.2) is 11.2 Å². The molecule has 2 nitrogen and oxygen atoms in total. The molecule has 0 radical (unpaired) electrons. The van der Waals surface area contributed by atoms with Crippen molar-refractivity contribution in [2.24, 2.45) is 0 Å². The Labute approximate surface area is 68.8 Å². The zero-order chi connectivity index (χ0) is 7.23. The molecule has 1 aliphatic heterocycles. The molecule has 0 aromatic carbocycles. The number of rotatable bonds is 1. The highest BCUT2D eigenvalue weighted by Gasteiger charge is 2.21. The molecule has 1 heterocycles. The van der Waals surface area contributed by atoms with E-state index in [9.17, 15) is 0 Å². The van der Waals surface area contributed by atoms with Crippen molar-refractivity contribution < 1.29 is 9.59 Å². The van der Waals surface area contributed by atoms with Crippen LogP contribution in [0.25, 0.3) is 0 Å². The van der Waals surface area contributed by atoms with Crippen LogP contribution in [0.5, 0.6) is 0 Å². The second-order valence-electron chi connectivity index (χ2n) is 2.24. The third-order valence-corrected chi connectivity index (χ3v) is 4.28. The van der Waals surface area contributed by atoms with Crippen molar-refractivity contribution in [2.75, 3.05) is 23.0 Å². The average molecular weight is 181 g/mol. The zero-order valence-corrected chi connectivity index (χ0v) is 7.55. The molecule has 4 heteroatoms. The van der Waals surface area contributed by atoms with E-state index in [4.69, 9.17) is 5.26 Å². The Hall–Kier alpha value is 0.620. The maximum absolute atomic E-state index is 8.41. The Morgan fingerprint density at radius 1 is 1.20 bits per heavy atom. The van der Waals surface area contributed by atoms with Gasteiger partial charge in [-0.25, -0.2) is 5.26 Å². The van der Waals surface area contributed by atoms with E-state index in [0.29, 0.717) is 0 Å². The third kappa shape index (κ3) is 3.14. The van der Waals surface area contributed by atoms with Crippen LogP contribution in [0.3, 0.4) is 0 Å². The van der Waals surface area contributed by atoms with E-state index in [1.54, 1.807) is 0 Å². The molecule has 0 aromatic rings. The Bertz CT molecular complexity index is 81.8. The smallest absolute Gasteiger partial charge is 0.186 e. The summed E-state index contributed by atoms with van der Waals surface area (Å²) in [6, 6.07) is 0. The molecule has 10 heavy (non-hydrogen) atoms. The minimum absolute atomic E-state index is 0.138. The molecule has 0 amide bonds. The summed E-state index contributed by atoms with van der Waals surface area (Å²) in [7, 11) is 0. The van der Waals surface area contributed by atoms with Gasteiger partial charge in [-0.2, -0.15) is 11.8 Å². The van der Waals surface area contributed by atoms with Crippen LogP contribution in [0.15, 0.2) is 0 Å². The summed E-state index contributed by atoms with van der Waals surface area (Å²) >= 11 is 1.87. The predicted octanol–water partition coefficient (Wildman–Crippen LogP) is 1.54. The molecule has 1 rings (SSSR count). The first-order chi connectivity index (χ1) is 4.93. The van der Waals surface area contributed by atoms with Crippen molar-refractivity contribution in [1.82, 2.24) is 0 Å². The van der Waals surface area contributed by atoms with Gasteiger partial charge in [0.1, 0.15) is 11.5 Å². The Balaban J connectivity index is 2.16. The first-order valence-corrected chi connectivity index (χ1v) is 6.15. The average Bonchev–Trinajstić information content (AvgIpc) is 1.87. The van der Waals surface area contributed by atoms with Crippen LogP contribution in [0.1, 0.15) is 12.8 Å². The number of hydrogen-bond acceptors (Lipinski definition) is 3. The molecule has 1 aliphatic rings. The maximum Gasteiger partial charge on any atom is 0.186 e. The van der Waals surface area contributed by atoms with Gasteiger partial charge < -0.3 is 0 Å². The number of hydrogen-bond donors (Lipinski definition) is 1. The van der Waals surface area contributed by atoms with E-state index < -0.39 is 0 Å². The van der Waals surface area contributed by atoms with Crippen LogP contribution >= 0.6 is 11.8 Å². The maximum atomic E-state index is 8.41. The largest absolute Gasteiger partial charge is 0.204 e. The second kappa shape index (κ2) is 5.29. The first kappa shape index (κ1) is 8.71. The molecule has 1 N–H and O–H groups in total. The molecule has 0 saturated carbocycles. The second-order valence-corrected chi connectivity index (χ2v) is 5.31. The summed E-state index contributed by atoms with van der Waals surface area (Å²) < 4.78 is 4.35. The van der Waals surface area contributed by atoms with Crippen LogP contribution in [0.4, 0.5) is 0 Å². The van der Waals surface area contributed by atoms with E-state index in [1.807, 2.05) is 11.8 Å². The standard InChI is InChI=1S/C6H12O2S2/c7-8-10-5-1-3-9-4-2-6-10/h1-6H2/p+1. The first-order valence-electron chi connectivity index (χ1n) is 3.50. The molecule has 0 aromatic heterocycles. The highest BCUT2D eigenvalue weighted by atomic mass is 32.2. The normalized spacial score (nSPS) is 23.7. The third-order valence-electron chi connectivity index (χ3n) is 1.43. The molecular formula is C6H13O2S2+. The summed E-state index contributed by atoms with van der Waals surface area (Å²) in [6.07, 6.45) is 2.38. The summed E-state index contributed by atoms with van der Waals surface area (Å²) in [5.74, 6) is 4.55. The van der Waals surface area contributed by atoms with E-state index in [1.165, 1.54) is 24.3 Å². The minimum atomic E-state index is -0.138. The fourth-order valence-electron chi connectivity index (χ4n) is 0.923. The lowest BCUT2D eigenvalue weighted by Gasteiger charge is -2.06. The monoisotopic (exact) mass is 181 g/mol. The Kier molecular flexibility index (Phi) is 4.61. The summed E-state index contributed by atoms with van der Waals surface area (Å²) in [4.78, 5) is 0. The van der Waals surface area contributed by atoms with E-state index in [0.717, 1.165) is 11.5 Å². The predicted molar refractivity (Wildman–Crippen MR) is 47.4 cm³/mol. The van der Waals surface area contributed by atoms with Crippen LogP contribution in [0, 0.1) is 0 Å². The molecular weight excluding hydrogens is 168 g/mol. The van der Waals surface area contributed by atoms with Crippen molar-refractivity contribution in [2.45, 2.75) is 12.8 Å². The highest BCUT2D eigenvalue weighted by molar-refractivity contribution is 7.99. The quantitative estimate of drug-likeness (QED) is 0.378. The molecule has 0 bridgehead atoms. The lowest BCUT2D eigenvalue weighted by Crippen LogP contribution is -2.17. The van der Waals surface area contributed by atoms with Gasteiger partial charge in [0.2, 0.25) is 0 Å². The minimum Gasteiger partial charge on any atom is -0.204 e. The van der Waals surface area contributed by atoms with Gasteiger partial charge in [-0.3, -0.25) is 0 Å². The van der Waals surface area contributed by atoms with Gasteiger partial charge in [0.25, 0.3) is 0 Å². The molecule has 1 saturated heterocycles. The zero-order valence-electron chi connectivity index (χ0n) is 5.91. The van der Waals surface area contributed by atoms with Gasteiger partial charge in [0.05, 0.1) is 0 Å². The lowest BCUT2D eigenvalue weighted by molar-refractivity contribution is -0.122. The Morgan fingerprint density at radius 3 is 2.30 bits per heavy atom. The number of thioether (sulfide) groups is 1. The summed E-state index contributed by atoms with van der Waals surface area (Å²) in [5, 5.41) is 8.41. The highest BCUT2D eigenvalue weighted by Crippen LogP contribution is 2.13. The van der Waals surface area contributed by atoms with Crippen LogP contribution in [-0.4, -0.2) is 28.3 Å². The van der Waals surface area contributed by atoms with Crippen molar-refractivity contribution in [1.29, 1.82) is 0 Å². The molecule has 1 fully saturated rings. The topological polar surface area (TPSA) is 29.5 Å². The summed E-state index contributed by atoms with van der Waals surface area (Å²) in [5.41, 5.74) is 0. The van der Waals surface area contributed by atoms with Gasteiger partial charge in [-0.15, -0.1) is 0 Å². The van der Waals surface area contributed by atoms with Crippen LogP contribution in [0.2, 0.25) is 0 Å². The van der Waals surface area contributed by atoms with Crippen molar-refractivity contribution in [3.05, 3.63) is 0 Å². The molecule has 0 aliphatic carbocycles. The molecule has 0 unspecified atom stereocenters. The Morgan fingerprint density at radius 2 is 1.80 bits per heavy atom. The lowest BCUT2D eigenvalue weighted by atomic mass is 10.5. The SMILES string of the molecule is OO[S+]1CCCSCCC1. The van der Waals surface area contributed by atoms with E-state index in [-0.39, 0.29) is 11.2 Å². The molecule has 0 atom stereocenters. The van der Waals surface area contributed by atoms with Gasteiger partial charge in [0, 0.05) is 12.8 Å². The van der Waals surface area contributed by atoms with Gasteiger partial charge >= 0.3 is 0 Å². The van der Waals surface area contributed by atoms with Crippen molar-refractivity contribution in [3.8, 4) is 0 Å². The van der Waals surface area contributed by atoms with E-state index in [2.05, 4.69) is 4.33 Å². The fourth-order valence-corrected chi connectivity index (χ4v) is 3.47. The van der Waals surface area contributed by atoms with Crippen LogP contribution < -0.4 is 0 Å². The van der Waals surface area contributed by atoms with Gasteiger partial charge in [-0.05, 0) is 15.8 Å². The van der Waals surface area contributed by atoms with Crippen molar-refractivity contribution in [3.63, 3.8) is 0 Å². The fraction of sp³-hybridized carbons (Fsp3) is 1.00. The van der Waals surface area contributed by atoms with Crippen LogP contribution in [-0.2, 0) is 15.5 Å². The summed E-state index contributed by atoms with van der Waals surface area (Å²) in [6.45, 7) is 0. The van der Waals surface area contributed by atoms with E-state index >= 15 is 0 Å². The molecule has 0 spiro atoms.